The number of allylic oxidation sites excluding steroid dienone is 1. The Labute approximate surface area is 190 Å². The summed E-state index contributed by atoms with van der Waals surface area (Å²) in [7, 11) is 0. The normalized spacial score (nSPS) is 37.1. The largest absolute Gasteiger partial charge is 0.508 e. The monoisotopic (exact) mass is 524 g/mol. The Kier molecular flexibility index (Phi) is 5.42. The smallest absolute Gasteiger partial charge is 0.174 e. The van der Waals surface area contributed by atoms with E-state index in [0.29, 0.717) is 29.4 Å². The van der Waals surface area contributed by atoms with E-state index in [1.165, 1.54) is 30.4 Å². The molecule has 0 bridgehead atoms. The quantitative estimate of drug-likeness (QED) is 0.481. The summed E-state index contributed by atoms with van der Waals surface area (Å²) in [5.41, 5.74) is 2.94. The molecule has 0 radical (unpaired) electrons. The third-order valence-corrected chi connectivity index (χ3v) is 9.12. The SMILES string of the molecule is C[C@]12C[C@H](CCC=C(Br)Br)C3c4ccc(O)cc4CCC3C1CCC21OCCO1. The van der Waals surface area contributed by atoms with Crippen molar-refractivity contribution in [3.05, 3.63) is 38.8 Å². The number of fused-ring (bicyclic) bond motifs is 6. The predicted octanol–water partition coefficient (Wildman–Crippen LogP) is 6.63. The number of ether oxygens (including phenoxy) is 2. The van der Waals surface area contributed by atoms with Crippen LogP contribution in [-0.2, 0) is 15.9 Å². The maximum absolute atomic E-state index is 10.0. The van der Waals surface area contributed by atoms with Crippen molar-refractivity contribution in [2.24, 2.45) is 23.2 Å². The number of hydrogen-bond donors (Lipinski definition) is 1. The molecular formula is C24H30Br2O3. The zero-order valence-electron chi connectivity index (χ0n) is 17.0. The number of aromatic hydroxyl groups is 1. The molecule has 158 valence electrons. The molecule has 1 saturated heterocycles. The fourth-order valence-electron chi connectivity index (χ4n) is 7.44. The Balaban J connectivity index is 1.53. The number of rotatable bonds is 3. The molecule has 1 aromatic rings. The Morgan fingerprint density at radius 2 is 2.03 bits per heavy atom. The van der Waals surface area contributed by atoms with Crippen molar-refractivity contribution in [2.75, 3.05) is 13.2 Å². The average molecular weight is 526 g/mol. The Morgan fingerprint density at radius 3 is 2.79 bits per heavy atom. The first kappa shape index (κ1) is 20.5. The van der Waals surface area contributed by atoms with Crippen molar-refractivity contribution in [1.29, 1.82) is 0 Å². The van der Waals surface area contributed by atoms with Crippen LogP contribution in [0.25, 0.3) is 0 Å². The summed E-state index contributed by atoms with van der Waals surface area (Å²) < 4.78 is 13.7. The van der Waals surface area contributed by atoms with Gasteiger partial charge < -0.3 is 14.6 Å². The molecule has 5 heteroatoms. The molecule has 29 heavy (non-hydrogen) atoms. The molecule has 3 nitrogen and oxygen atoms in total. The van der Waals surface area contributed by atoms with Gasteiger partial charge in [0.1, 0.15) is 5.75 Å². The third kappa shape index (κ3) is 3.26. The standard InChI is InChI=1S/C24H30Br2O3/c1-23-14-16(3-2-4-21(25)26)22-18-8-6-17(27)13-15(18)5-7-19(22)20(23)9-10-24(23)28-11-12-29-24/h4,6,8,13,16,19-20,22,27H,2-3,5,7,9-12,14H2,1H3/t16-,19?,20?,22?,23-/m0/s1. The number of halogens is 2. The van der Waals surface area contributed by atoms with Crippen molar-refractivity contribution in [3.63, 3.8) is 0 Å². The van der Waals surface area contributed by atoms with Crippen LogP contribution in [0.1, 0.15) is 62.5 Å². The van der Waals surface area contributed by atoms with Crippen LogP contribution in [0.3, 0.4) is 0 Å². The minimum atomic E-state index is -0.359. The Bertz CT molecular complexity index is 812. The van der Waals surface area contributed by atoms with Crippen molar-refractivity contribution in [3.8, 4) is 5.75 Å². The summed E-state index contributed by atoms with van der Waals surface area (Å²) in [6, 6.07) is 6.10. The highest BCUT2D eigenvalue weighted by Crippen LogP contribution is 2.68. The van der Waals surface area contributed by atoms with Crippen LogP contribution < -0.4 is 0 Å². The van der Waals surface area contributed by atoms with Crippen LogP contribution in [0, 0.1) is 23.2 Å². The molecule has 3 fully saturated rings. The summed E-state index contributed by atoms with van der Waals surface area (Å²) in [6.07, 6.45) is 10.2. The molecule has 1 aromatic carbocycles. The molecule has 0 amide bonds. The van der Waals surface area contributed by atoms with Gasteiger partial charge in [-0.15, -0.1) is 0 Å². The molecule has 1 N–H and O–H groups in total. The van der Waals surface area contributed by atoms with Gasteiger partial charge in [0.15, 0.2) is 5.79 Å². The number of benzene rings is 1. The van der Waals surface area contributed by atoms with E-state index in [-0.39, 0.29) is 11.2 Å². The molecule has 1 heterocycles. The second-order valence-electron chi connectivity index (χ2n) is 9.66. The van der Waals surface area contributed by atoms with E-state index in [4.69, 9.17) is 9.47 Å². The summed E-state index contributed by atoms with van der Waals surface area (Å²) in [5, 5.41) is 10.0. The maximum Gasteiger partial charge on any atom is 0.174 e. The van der Waals surface area contributed by atoms with Crippen LogP contribution in [0.4, 0.5) is 0 Å². The van der Waals surface area contributed by atoms with Crippen LogP contribution in [0.5, 0.6) is 5.75 Å². The first-order valence-electron chi connectivity index (χ1n) is 11.0. The summed E-state index contributed by atoms with van der Waals surface area (Å²) in [4.78, 5) is 0. The highest BCUT2D eigenvalue weighted by Gasteiger charge is 2.66. The van der Waals surface area contributed by atoms with Crippen molar-refractivity contribution in [1.82, 2.24) is 0 Å². The number of phenolic OH excluding ortho intramolecular Hbond substituents is 1. The molecule has 1 spiro atoms. The van der Waals surface area contributed by atoms with Crippen LogP contribution in [0.15, 0.2) is 27.7 Å². The lowest BCUT2D eigenvalue weighted by Gasteiger charge is -2.56. The van der Waals surface area contributed by atoms with Gasteiger partial charge >= 0.3 is 0 Å². The highest BCUT2D eigenvalue weighted by molar-refractivity contribution is 9.28. The number of phenols is 1. The molecule has 3 aliphatic carbocycles. The van der Waals surface area contributed by atoms with Gasteiger partial charge in [0.2, 0.25) is 0 Å². The molecule has 4 aliphatic rings. The molecule has 2 saturated carbocycles. The van der Waals surface area contributed by atoms with E-state index < -0.39 is 0 Å². The molecule has 5 atom stereocenters. The van der Waals surface area contributed by atoms with Gasteiger partial charge in [-0.2, -0.15) is 0 Å². The number of hydrogen-bond acceptors (Lipinski definition) is 3. The predicted molar refractivity (Wildman–Crippen MR) is 121 cm³/mol. The van der Waals surface area contributed by atoms with Crippen molar-refractivity contribution < 1.29 is 14.6 Å². The Hall–Kier alpha value is -0.360. The second kappa shape index (κ2) is 7.65. The molecule has 5 rings (SSSR count). The van der Waals surface area contributed by atoms with Crippen LogP contribution in [0.2, 0.25) is 0 Å². The minimum absolute atomic E-state index is 0.0963. The fraction of sp³-hybridized carbons (Fsp3) is 0.667. The zero-order valence-corrected chi connectivity index (χ0v) is 20.2. The third-order valence-electron chi connectivity index (χ3n) is 8.47. The van der Waals surface area contributed by atoms with Crippen LogP contribution in [-0.4, -0.2) is 24.1 Å². The average Bonchev–Trinajstić information content (AvgIpc) is 3.27. The molecule has 1 aliphatic heterocycles. The van der Waals surface area contributed by atoms with E-state index in [1.54, 1.807) is 0 Å². The lowest BCUT2D eigenvalue weighted by Crippen LogP contribution is -2.54. The van der Waals surface area contributed by atoms with E-state index in [9.17, 15) is 5.11 Å². The van der Waals surface area contributed by atoms with Gasteiger partial charge in [0, 0.05) is 11.8 Å². The maximum atomic E-state index is 10.0. The van der Waals surface area contributed by atoms with Crippen molar-refractivity contribution in [2.45, 2.75) is 63.6 Å². The van der Waals surface area contributed by atoms with E-state index in [0.717, 1.165) is 42.3 Å². The molecular weight excluding hydrogens is 496 g/mol. The summed E-state index contributed by atoms with van der Waals surface area (Å²) in [6.45, 7) is 3.94. The van der Waals surface area contributed by atoms with Gasteiger partial charge in [-0.3, -0.25) is 0 Å². The molecule has 3 unspecified atom stereocenters. The first-order valence-corrected chi connectivity index (χ1v) is 12.6. The lowest BCUT2D eigenvalue weighted by molar-refractivity contribution is -0.242. The Morgan fingerprint density at radius 1 is 1.24 bits per heavy atom. The van der Waals surface area contributed by atoms with Gasteiger partial charge in [-0.25, -0.2) is 0 Å². The number of aryl methyl sites for hydroxylation is 1. The fourth-order valence-corrected chi connectivity index (χ4v) is 7.89. The summed E-state index contributed by atoms with van der Waals surface area (Å²) >= 11 is 7.03. The van der Waals surface area contributed by atoms with E-state index >= 15 is 0 Å². The van der Waals surface area contributed by atoms with E-state index in [2.05, 4.69) is 50.9 Å². The van der Waals surface area contributed by atoms with Gasteiger partial charge in [0.25, 0.3) is 0 Å². The topological polar surface area (TPSA) is 38.7 Å². The van der Waals surface area contributed by atoms with Crippen molar-refractivity contribution >= 4 is 31.9 Å². The van der Waals surface area contributed by atoms with E-state index in [1.807, 2.05) is 12.1 Å². The first-order chi connectivity index (χ1) is 13.9. The van der Waals surface area contributed by atoms with Gasteiger partial charge in [-0.1, -0.05) is 19.1 Å². The second-order valence-corrected chi connectivity index (χ2v) is 12.4. The van der Waals surface area contributed by atoms with Crippen LogP contribution >= 0.6 is 31.9 Å². The highest BCUT2D eigenvalue weighted by atomic mass is 79.9. The lowest BCUT2D eigenvalue weighted by atomic mass is 9.50. The van der Waals surface area contributed by atoms with Gasteiger partial charge in [-0.05, 0) is 117 Å². The minimum Gasteiger partial charge on any atom is -0.508 e. The zero-order chi connectivity index (χ0) is 20.2. The van der Waals surface area contributed by atoms with Gasteiger partial charge in [0.05, 0.1) is 16.6 Å². The summed E-state index contributed by atoms with van der Waals surface area (Å²) in [5.74, 6) is 2.56. The molecule has 0 aromatic heterocycles.